The summed E-state index contributed by atoms with van der Waals surface area (Å²) in [4.78, 5) is 13.1. The maximum atomic E-state index is 5.46. The standard InChI is InChI=1S/C13H24N6O/c1-4-19-7-5-10(6-8-19)18(2)13-11(20-3)12(17-14)15-9-16-13/h9-10H,4-8,14H2,1-3H3,(H,15,16,17). The summed E-state index contributed by atoms with van der Waals surface area (Å²) in [5.74, 6) is 7.35. The Kier molecular flexibility index (Phi) is 4.97. The van der Waals surface area contributed by atoms with Crippen LogP contribution in [0.2, 0.25) is 0 Å². The topological polar surface area (TPSA) is 79.5 Å². The second kappa shape index (κ2) is 6.71. The Balaban J connectivity index is 2.15. The van der Waals surface area contributed by atoms with Gasteiger partial charge in [-0.3, -0.25) is 0 Å². The number of nitrogen functional groups attached to an aromatic ring is 1. The van der Waals surface area contributed by atoms with Crippen LogP contribution in [0.15, 0.2) is 6.33 Å². The number of aromatic nitrogens is 2. The van der Waals surface area contributed by atoms with Crippen LogP contribution in [0.4, 0.5) is 11.6 Å². The lowest BCUT2D eigenvalue weighted by atomic mass is 10.0. The van der Waals surface area contributed by atoms with Gasteiger partial charge in [0.25, 0.3) is 0 Å². The zero-order chi connectivity index (χ0) is 14.5. The smallest absolute Gasteiger partial charge is 0.205 e. The van der Waals surface area contributed by atoms with Crippen LogP contribution >= 0.6 is 0 Å². The zero-order valence-electron chi connectivity index (χ0n) is 12.5. The molecule has 0 spiro atoms. The number of hydrazine groups is 1. The average molecular weight is 280 g/mol. The number of hydrogen-bond acceptors (Lipinski definition) is 7. The highest BCUT2D eigenvalue weighted by molar-refractivity contribution is 5.64. The maximum absolute atomic E-state index is 5.46. The second-order valence-corrected chi connectivity index (χ2v) is 5.00. The van der Waals surface area contributed by atoms with Crippen molar-refractivity contribution in [3.8, 4) is 5.75 Å². The lowest BCUT2D eigenvalue weighted by molar-refractivity contribution is 0.220. The number of ether oxygens (including phenoxy) is 1. The van der Waals surface area contributed by atoms with Crippen molar-refractivity contribution in [3.05, 3.63) is 6.33 Å². The third-order valence-electron chi connectivity index (χ3n) is 4.01. The van der Waals surface area contributed by atoms with Gasteiger partial charge in [-0.05, 0) is 19.4 Å². The fourth-order valence-electron chi connectivity index (χ4n) is 2.70. The molecule has 0 unspecified atom stereocenters. The second-order valence-electron chi connectivity index (χ2n) is 5.00. The Labute approximate surface area is 120 Å². The number of anilines is 2. The fourth-order valence-corrected chi connectivity index (χ4v) is 2.70. The van der Waals surface area contributed by atoms with Crippen LogP contribution < -0.4 is 20.9 Å². The van der Waals surface area contributed by atoms with E-state index in [0.29, 0.717) is 17.6 Å². The van der Waals surface area contributed by atoms with Crippen molar-refractivity contribution >= 4 is 11.6 Å². The van der Waals surface area contributed by atoms with Crippen LogP contribution in [0, 0.1) is 0 Å². The Morgan fingerprint density at radius 2 is 2.15 bits per heavy atom. The van der Waals surface area contributed by atoms with Crippen LogP contribution in [0.3, 0.4) is 0 Å². The van der Waals surface area contributed by atoms with E-state index < -0.39 is 0 Å². The minimum Gasteiger partial charge on any atom is -0.490 e. The molecule has 7 nitrogen and oxygen atoms in total. The van der Waals surface area contributed by atoms with Gasteiger partial charge in [0.15, 0.2) is 11.6 Å². The van der Waals surface area contributed by atoms with E-state index in [0.717, 1.165) is 38.3 Å². The molecule has 0 aliphatic carbocycles. The van der Waals surface area contributed by atoms with Crippen molar-refractivity contribution in [3.63, 3.8) is 0 Å². The number of nitrogens with zero attached hydrogens (tertiary/aromatic N) is 4. The molecule has 112 valence electrons. The van der Waals surface area contributed by atoms with Crippen molar-refractivity contribution < 1.29 is 4.74 Å². The van der Waals surface area contributed by atoms with Gasteiger partial charge >= 0.3 is 0 Å². The first kappa shape index (κ1) is 14.8. The number of nitrogens with two attached hydrogens (primary N) is 1. The summed E-state index contributed by atoms with van der Waals surface area (Å²) in [5.41, 5.74) is 2.55. The molecule has 7 heteroatoms. The van der Waals surface area contributed by atoms with E-state index in [4.69, 9.17) is 10.6 Å². The van der Waals surface area contributed by atoms with Crippen molar-refractivity contribution in [1.29, 1.82) is 0 Å². The Morgan fingerprint density at radius 1 is 1.45 bits per heavy atom. The summed E-state index contributed by atoms with van der Waals surface area (Å²) >= 11 is 0. The molecule has 1 aliphatic rings. The molecule has 1 fully saturated rings. The Morgan fingerprint density at radius 3 is 2.70 bits per heavy atom. The van der Waals surface area contributed by atoms with E-state index in [1.165, 1.54) is 6.33 Å². The van der Waals surface area contributed by atoms with E-state index in [9.17, 15) is 0 Å². The quantitative estimate of drug-likeness (QED) is 0.607. The summed E-state index contributed by atoms with van der Waals surface area (Å²) in [6.07, 6.45) is 3.76. The number of piperidine rings is 1. The molecule has 0 bridgehead atoms. The number of hydrogen-bond donors (Lipinski definition) is 2. The summed E-state index contributed by atoms with van der Waals surface area (Å²) in [7, 11) is 3.66. The largest absolute Gasteiger partial charge is 0.490 e. The van der Waals surface area contributed by atoms with Gasteiger partial charge in [0.05, 0.1) is 7.11 Å². The normalized spacial score (nSPS) is 17.0. The highest BCUT2D eigenvalue weighted by Crippen LogP contribution is 2.33. The molecule has 20 heavy (non-hydrogen) atoms. The van der Waals surface area contributed by atoms with E-state index in [1.54, 1.807) is 7.11 Å². The molecule has 0 amide bonds. The summed E-state index contributed by atoms with van der Waals surface area (Å²) in [6, 6.07) is 0.465. The van der Waals surface area contributed by atoms with Crippen molar-refractivity contribution in [2.75, 3.05) is 44.1 Å². The van der Waals surface area contributed by atoms with E-state index in [2.05, 4.69) is 39.2 Å². The molecule has 3 N–H and O–H groups in total. The van der Waals surface area contributed by atoms with E-state index in [1.807, 2.05) is 0 Å². The molecule has 0 saturated carbocycles. The minimum absolute atomic E-state index is 0.465. The first-order valence-electron chi connectivity index (χ1n) is 7.02. The predicted molar refractivity (Wildman–Crippen MR) is 79.9 cm³/mol. The minimum atomic E-state index is 0.465. The first-order valence-corrected chi connectivity index (χ1v) is 7.02. The Bertz CT molecular complexity index is 433. The lowest BCUT2D eigenvalue weighted by Crippen LogP contribution is -2.43. The van der Waals surface area contributed by atoms with Gasteiger partial charge in [-0.2, -0.15) is 0 Å². The van der Waals surface area contributed by atoms with Gasteiger partial charge in [-0.1, -0.05) is 6.92 Å². The van der Waals surface area contributed by atoms with E-state index in [-0.39, 0.29) is 0 Å². The van der Waals surface area contributed by atoms with Crippen molar-refractivity contribution in [2.24, 2.45) is 5.84 Å². The highest BCUT2D eigenvalue weighted by atomic mass is 16.5. The first-order chi connectivity index (χ1) is 9.71. The summed E-state index contributed by atoms with van der Waals surface area (Å²) < 4.78 is 5.40. The lowest BCUT2D eigenvalue weighted by Gasteiger charge is -2.37. The van der Waals surface area contributed by atoms with Crippen molar-refractivity contribution in [1.82, 2.24) is 14.9 Å². The van der Waals surface area contributed by atoms with Crippen LogP contribution in [0.1, 0.15) is 19.8 Å². The number of likely N-dealkylation sites (tertiary alicyclic amines) is 1. The molecule has 2 heterocycles. The molecule has 0 radical (unpaired) electrons. The third kappa shape index (κ3) is 2.94. The van der Waals surface area contributed by atoms with Crippen molar-refractivity contribution in [2.45, 2.75) is 25.8 Å². The maximum Gasteiger partial charge on any atom is 0.205 e. The molecule has 0 aromatic carbocycles. The number of methoxy groups -OCH3 is 1. The molecule has 1 aromatic rings. The molecule has 1 aliphatic heterocycles. The summed E-state index contributed by atoms with van der Waals surface area (Å²) in [5, 5.41) is 0. The van der Waals surface area contributed by atoms with Gasteiger partial charge in [-0.15, -0.1) is 0 Å². The monoisotopic (exact) mass is 280 g/mol. The number of rotatable bonds is 5. The van der Waals surface area contributed by atoms with Gasteiger partial charge in [0, 0.05) is 26.2 Å². The Hall–Kier alpha value is -1.60. The SMILES string of the molecule is CCN1CCC(N(C)c2ncnc(NN)c2OC)CC1. The predicted octanol–water partition coefficient (Wildman–Crippen LogP) is 0.691. The van der Waals surface area contributed by atoms with Crippen LogP contribution in [-0.2, 0) is 0 Å². The van der Waals surface area contributed by atoms with Gasteiger partial charge in [-0.25, -0.2) is 15.8 Å². The molecular weight excluding hydrogens is 256 g/mol. The highest BCUT2D eigenvalue weighted by Gasteiger charge is 2.25. The fraction of sp³-hybridized carbons (Fsp3) is 0.692. The van der Waals surface area contributed by atoms with Gasteiger partial charge in [0.1, 0.15) is 6.33 Å². The van der Waals surface area contributed by atoms with Gasteiger partial charge in [0.2, 0.25) is 5.75 Å². The van der Waals surface area contributed by atoms with Crippen LogP contribution in [0.5, 0.6) is 5.75 Å². The molecule has 1 aromatic heterocycles. The van der Waals surface area contributed by atoms with Crippen LogP contribution in [-0.4, -0.2) is 54.7 Å². The van der Waals surface area contributed by atoms with Crippen LogP contribution in [0.25, 0.3) is 0 Å². The zero-order valence-corrected chi connectivity index (χ0v) is 12.5. The van der Waals surface area contributed by atoms with E-state index >= 15 is 0 Å². The third-order valence-corrected chi connectivity index (χ3v) is 4.01. The molecule has 2 rings (SSSR count). The molecular formula is C13H24N6O. The average Bonchev–Trinajstić information content (AvgIpc) is 2.53. The molecule has 1 saturated heterocycles. The summed E-state index contributed by atoms with van der Waals surface area (Å²) in [6.45, 7) is 5.58. The van der Waals surface area contributed by atoms with Gasteiger partial charge < -0.3 is 20.0 Å². The molecule has 0 atom stereocenters. The number of nitrogens with one attached hydrogen (secondary N) is 1.